The molecule has 8 aromatic carbocycles. The number of aliphatic imine (C=N–C) groups is 3. The third-order valence-corrected chi connectivity index (χ3v) is 10.8. The van der Waals surface area contributed by atoms with E-state index in [0.717, 1.165) is 46.4 Å². The minimum Gasteiger partial charge on any atom is -0.310 e. The lowest BCUT2D eigenvalue weighted by Gasteiger charge is -2.28. The van der Waals surface area contributed by atoms with Crippen molar-refractivity contribution in [2.24, 2.45) is 15.0 Å². The van der Waals surface area contributed by atoms with Crippen LogP contribution in [-0.4, -0.2) is 24.9 Å². The van der Waals surface area contributed by atoms with E-state index in [4.69, 9.17) is 9.98 Å². The van der Waals surface area contributed by atoms with Crippen molar-refractivity contribution in [1.29, 1.82) is 0 Å². The summed E-state index contributed by atoms with van der Waals surface area (Å²) >= 11 is 0. The molecule has 4 nitrogen and oxygen atoms in total. The van der Waals surface area contributed by atoms with Crippen LogP contribution < -0.4 is 4.90 Å². The zero-order valence-electron chi connectivity index (χ0n) is 32.0. The second kappa shape index (κ2) is 15.9. The van der Waals surface area contributed by atoms with E-state index in [1.165, 1.54) is 49.5 Å². The van der Waals surface area contributed by atoms with E-state index in [2.05, 4.69) is 181 Å². The Morgan fingerprint density at radius 3 is 1.68 bits per heavy atom. The Hall–Kier alpha value is -7.17. The molecule has 57 heavy (non-hydrogen) atoms. The van der Waals surface area contributed by atoms with Gasteiger partial charge in [0.25, 0.3) is 0 Å². The molecule has 8 aromatic rings. The van der Waals surface area contributed by atoms with Crippen LogP contribution in [0.15, 0.2) is 197 Å². The smallest absolute Gasteiger partial charge is 0.161 e. The van der Waals surface area contributed by atoms with E-state index in [9.17, 15) is 0 Å². The van der Waals surface area contributed by atoms with Gasteiger partial charge in [0, 0.05) is 40.1 Å². The third kappa shape index (κ3) is 6.98. The van der Waals surface area contributed by atoms with E-state index >= 15 is 0 Å². The quantitative estimate of drug-likeness (QED) is 0.0870. The summed E-state index contributed by atoms with van der Waals surface area (Å²) in [5, 5.41) is 4.77. The van der Waals surface area contributed by atoms with Gasteiger partial charge in [0.05, 0.1) is 0 Å². The number of amidine groups is 2. The van der Waals surface area contributed by atoms with Crippen LogP contribution in [0.4, 0.5) is 17.1 Å². The Balaban J connectivity index is 1.33. The highest BCUT2D eigenvalue weighted by molar-refractivity contribution is 6.25. The Bertz CT molecular complexity index is 2720. The van der Waals surface area contributed by atoms with Crippen LogP contribution in [0.5, 0.6) is 0 Å². The number of rotatable bonds is 8. The molecule has 0 radical (unpaired) electrons. The first kappa shape index (κ1) is 35.5. The minimum atomic E-state index is 0.536. The van der Waals surface area contributed by atoms with Gasteiger partial charge in [-0.2, -0.15) is 0 Å². The van der Waals surface area contributed by atoms with Crippen LogP contribution in [0.3, 0.4) is 0 Å². The molecule has 9 rings (SSSR count). The molecule has 0 fully saturated rings. The van der Waals surface area contributed by atoms with Crippen LogP contribution in [-0.2, 0) is 6.42 Å². The fourth-order valence-corrected chi connectivity index (χ4v) is 8.12. The molecule has 0 atom stereocenters. The number of fused-ring (bicyclic) bond motifs is 6. The van der Waals surface area contributed by atoms with Gasteiger partial charge in [-0.15, -0.1) is 0 Å². The molecule has 0 aliphatic heterocycles. The maximum Gasteiger partial charge on any atom is 0.161 e. The van der Waals surface area contributed by atoms with E-state index in [1.807, 2.05) is 30.3 Å². The summed E-state index contributed by atoms with van der Waals surface area (Å²) < 4.78 is 0. The lowest BCUT2D eigenvalue weighted by atomic mass is 9.84. The molecule has 0 heterocycles. The first-order valence-electron chi connectivity index (χ1n) is 19.6. The predicted molar refractivity (Wildman–Crippen MR) is 244 cm³/mol. The van der Waals surface area contributed by atoms with Crippen molar-refractivity contribution in [3.63, 3.8) is 0 Å². The molecule has 0 unspecified atom stereocenters. The molecule has 0 N–H and O–H groups in total. The average molecular weight is 735 g/mol. The summed E-state index contributed by atoms with van der Waals surface area (Å²) in [5.74, 6) is 1.16. The molecule has 0 saturated heterocycles. The lowest BCUT2D eigenvalue weighted by molar-refractivity contribution is 1.00. The van der Waals surface area contributed by atoms with Crippen LogP contribution in [0.2, 0.25) is 0 Å². The Labute approximate surface area is 334 Å². The Kier molecular flexibility index (Phi) is 9.91. The van der Waals surface area contributed by atoms with Crippen molar-refractivity contribution in [2.45, 2.75) is 19.8 Å². The van der Waals surface area contributed by atoms with Gasteiger partial charge in [-0.25, -0.2) is 9.98 Å². The summed E-state index contributed by atoms with van der Waals surface area (Å²) in [6.45, 7) is 6.56. The lowest BCUT2D eigenvalue weighted by Crippen LogP contribution is -2.13. The number of hydrogen-bond acceptors (Lipinski definition) is 2. The van der Waals surface area contributed by atoms with Crippen molar-refractivity contribution in [2.75, 3.05) is 11.4 Å². The molecule has 0 bridgehead atoms. The number of hydrogen-bond donors (Lipinski definition) is 0. The van der Waals surface area contributed by atoms with Gasteiger partial charge in [0.1, 0.15) is 0 Å². The maximum atomic E-state index is 5.23. The summed E-state index contributed by atoms with van der Waals surface area (Å²) in [5.41, 5.74) is 12.3. The molecule has 274 valence electrons. The van der Waals surface area contributed by atoms with E-state index in [1.54, 1.807) is 0 Å². The van der Waals surface area contributed by atoms with Crippen molar-refractivity contribution in [1.82, 2.24) is 0 Å². The van der Waals surface area contributed by atoms with Crippen molar-refractivity contribution in [3.05, 3.63) is 204 Å². The van der Waals surface area contributed by atoms with Gasteiger partial charge in [-0.1, -0.05) is 152 Å². The standard InChI is InChI=1S/C53H42N4/c1-3-55-53(56-52(54-2)41-21-11-6-12-22-41)50-36-44(35-49-47-25-14-13-23-45(47)46-24-15-16-26-48(46)51(49)50)57(42-31-27-39(28-32-42)37-17-7-4-8-18-37)43-33-29-40(30-34-43)38-19-9-5-10-20-38/h4-12,14-22,24-36H,2-3,13,23H2,1H3. The highest BCUT2D eigenvalue weighted by Crippen LogP contribution is 2.44. The van der Waals surface area contributed by atoms with Gasteiger partial charge in [-0.3, -0.25) is 4.99 Å². The van der Waals surface area contributed by atoms with Crippen LogP contribution >= 0.6 is 0 Å². The van der Waals surface area contributed by atoms with E-state index in [0.29, 0.717) is 18.2 Å². The second-order valence-corrected chi connectivity index (χ2v) is 14.2. The monoisotopic (exact) mass is 734 g/mol. The maximum absolute atomic E-state index is 5.23. The molecule has 4 heteroatoms. The van der Waals surface area contributed by atoms with Gasteiger partial charge >= 0.3 is 0 Å². The first-order chi connectivity index (χ1) is 28.2. The summed E-state index contributed by atoms with van der Waals surface area (Å²) in [4.78, 5) is 17.1. The van der Waals surface area contributed by atoms with Crippen molar-refractivity contribution < 1.29 is 0 Å². The van der Waals surface area contributed by atoms with Crippen LogP contribution in [0.1, 0.15) is 35.6 Å². The summed E-state index contributed by atoms with van der Waals surface area (Å²) in [7, 11) is 0. The van der Waals surface area contributed by atoms with E-state index < -0.39 is 0 Å². The predicted octanol–water partition coefficient (Wildman–Crippen LogP) is 13.7. The largest absolute Gasteiger partial charge is 0.310 e. The van der Waals surface area contributed by atoms with Gasteiger partial charge < -0.3 is 4.90 Å². The first-order valence-corrected chi connectivity index (χ1v) is 19.6. The fourth-order valence-electron chi connectivity index (χ4n) is 8.12. The molecular weight excluding hydrogens is 693 g/mol. The van der Waals surface area contributed by atoms with Crippen LogP contribution in [0.25, 0.3) is 49.9 Å². The number of nitrogens with zero attached hydrogens (tertiary/aromatic N) is 4. The SMILES string of the molecule is C=NC(=NC(=NCC)c1cc(N(c2ccc(-c3ccccc3)cc2)c2ccc(-c3ccccc3)cc2)cc2c3c(c4ccccc4c12)CCC=C3)c1ccccc1. The highest BCUT2D eigenvalue weighted by Gasteiger charge is 2.23. The van der Waals surface area contributed by atoms with E-state index in [-0.39, 0.29) is 0 Å². The van der Waals surface area contributed by atoms with Gasteiger partial charge in [0.2, 0.25) is 0 Å². The Morgan fingerprint density at radius 1 is 0.561 bits per heavy atom. The van der Waals surface area contributed by atoms with Crippen molar-refractivity contribution in [3.8, 4) is 22.3 Å². The average Bonchev–Trinajstić information content (AvgIpc) is 3.29. The molecule has 1 aliphatic rings. The summed E-state index contributed by atoms with van der Waals surface area (Å²) in [6, 6.07) is 62.3. The molecule has 0 amide bonds. The van der Waals surface area contributed by atoms with Crippen molar-refractivity contribution >= 4 is 63.1 Å². The molecule has 0 aromatic heterocycles. The third-order valence-electron chi connectivity index (χ3n) is 10.8. The topological polar surface area (TPSA) is 40.3 Å². The number of allylic oxidation sites excluding steroid dienone is 1. The summed E-state index contributed by atoms with van der Waals surface area (Å²) in [6.07, 6.45) is 6.62. The molecule has 1 aliphatic carbocycles. The number of anilines is 3. The Morgan fingerprint density at radius 2 is 1.11 bits per heavy atom. The zero-order chi connectivity index (χ0) is 38.6. The normalized spacial score (nSPS) is 12.8. The minimum absolute atomic E-state index is 0.536. The zero-order valence-corrected chi connectivity index (χ0v) is 32.0. The number of benzene rings is 8. The van der Waals surface area contributed by atoms with Gasteiger partial charge in [-0.05, 0) is 112 Å². The highest BCUT2D eigenvalue weighted by atomic mass is 15.1. The molecular formula is C53H42N4. The van der Waals surface area contributed by atoms with Crippen LogP contribution in [0, 0.1) is 0 Å². The molecule has 0 spiro atoms. The van der Waals surface area contributed by atoms with Gasteiger partial charge in [0.15, 0.2) is 11.7 Å². The fraction of sp³-hybridized carbons (Fsp3) is 0.0755. The molecule has 0 saturated carbocycles. The second-order valence-electron chi connectivity index (χ2n) is 14.2. The number of aryl methyl sites for hydroxylation is 1.